The Bertz CT molecular complexity index is 1120. The van der Waals surface area contributed by atoms with Crippen molar-refractivity contribution in [3.63, 3.8) is 0 Å². The summed E-state index contributed by atoms with van der Waals surface area (Å²) in [5, 5.41) is 3.80. The molecule has 0 atom stereocenters. The third-order valence-corrected chi connectivity index (χ3v) is 6.15. The van der Waals surface area contributed by atoms with Gasteiger partial charge in [-0.1, -0.05) is 29.5 Å². The van der Waals surface area contributed by atoms with Gasteiger partial charge < -0.3 is 20.1 Å². The van der Waals surface area contributed by atoms with Crippen molar-refractivity contribution in [1.29, 1.82) is 0 Å². The number of rotatable bonds is 5. The lowest BCUT2D eigenvalue weighted by Crippen LogP contribution is -2.46. The molecule has 0 saturated carbocycles. The lowest BCUT2D eigenvalue weighted by Gasteiger charge is -2.35. The largest absolute Gasteiger partial charge is 0.353 e. The van der Waals surface area contributed by atoms with Gasteiger partial charge in [-0.05, 0) is 24.3 Å². The number of carbonyl (C=O) groups excluding carboxylic acids is 1. The summed E-state index contributed by atoms with van der Waals surface area (Å²) < 4.78 is 0. The fraction of sp³-hybridized carbons (Fsp3) is 0.238. The maximum Gasteiger partial charge on any atom is 0.263 e. The van der Waals surface area contributed by atoms with E-state index in [1.165, 1.54) is 11.3 Å². The molecule has 0 aliphatic carbocycles. The zero-order chi connectivity index (χ0) is 20.3. The monoisotopic (exact) mass is 419 g/mol. The summed E-state index contributed by atoms with van der Waals surface area (Å²) in [5.74, 6) is 1.60. The number of anilines is 2. The Hall–Kier alpha value is -3.46. The van der Waals surface area contributed by atoms with Crippen molar-refractivity contribution in [3.05, 3.63) is 65.6 Å². The highest BCUT2D eigenvalue weighted by Crippen LogP contribution is 2.24. The summed E-state index contributed by atoms with van der Waals surface area (Å²) in [4.78, 5) is 34.2. The number of aromatic amines is 1. The Balaban J connectivity index is 1.17. The molecule has 1 amide bonds. The van der Waals surface area contributed by atoms with Gasteiger partial charge >= 0.3 is 0 Å². The number of hydrogen-bond donors (Lipinski definition) is 2. The van der Waals surface area contributed by atoms with E-state index in [9.17, 15) is 4.79 Å². The van der Waals surface area contributed by atoms with E-state index in [0.717, 1.165) is 54.0 Å². The molecule has 30 heavy (non-hydrogen) atoms. The summed E-state index contributed by atoms with van der Waals surface area (Å²) >= 11 is 1.42. The minimum Gasteiger partial charge on any atom is -0.353 e. The molecule has 0 bridgehead atoms. The fourth-order valence-corrected chi connectivity index (χ4v) is 4.41. The lowest BCUT2D eigenvalue weighted by molar-refractivity contribution is 0.0954. The first-order valence-electron chi connectivity index (χ1n) is 9.85. The number of hydrogen-bond acceptors (Lipinski definition) is 7. The molecule has 4 aromatic rings. The van der Waals surface area contributed by atoms with Crippen LogP contribution in [-0.2, 0) is 6.54 Å². The lowest BCUT2D eigenvalue weighted by atomic mass is 10.3. The Labute approximate surface area is 177 Å². The predicted molar refractivity (Wildman–Crippen MR) is 118 cm³/mol. The number of pyridine rings is 1. The van der Waals surface area contributed by atoms with E-state index < -0.39 is 0 Å². The number of fused-ring (bicyclic) bond motifs is 1. The maximum absolute atomic E-state index is 12.5. The van der Waals surface area contributed by atoms with Crippen LogP contribution in [0.1, 0.15) is 15.5 Å². The summed E-state index contributed by atoms with van der Waals surface area (Å²) in [6, 6.07) is 13.8. The molecule has 9 heteroatoms. The molecular weight excluding hydrogens is 398 g/mol. The topological polar surface area (TPSA) is 90.0 Å². The van der Waals surface area contributed by atoms with Crippen LogP contribution in [-0.4, -0.2) is 52.0 Å². The van der Waals surface area contributed by atoms with Crippen LogP contribution < -0.4 is 15.1 Å². The van der Waals surface area contributed by atoms with Crippen LogP contribution in [0.5, 0.6) is 0 Å². The number of thiazole rings is 1. The molecule has 1 aliphatic rings. The van der Waals surface area contributed by atoms with Crippen LogP contribution in [0, 0.1) is 0 Å². The van der Waals surface area contributed by atoms with Crippen molar-refractivity contribution < 1.29 is 4.79 Å². The summed E-state index contributed by atoms with van der Waals surface area (Å²) in [5.41, 5.74) is 1.86. The summed E-state index contributed by atoms with van der Waals surface area (Å²) in [6.07, 6.45) is 3.47. The van der Waals surface area contributed by atoms with Gasteiger partial charge in [0.25, 0.3) is 5.91 Å². The van der Waals surface area contributed by atoms with E-state index in [0.29, 0.717) is 11.4 Å². The summed E-state index contributed by atoms with van der Waals surface area (Å²) in [6.45, 7) is 3.81. The molecule has 5 rings (SSSR count). The van der Waals surface area contributed by atoms with Gasteiger partial charge in [-0.3, -0.25) is 4.79 Å². The first-order chi connectivity index (χ1) is 14.8. The highest BCUT2D eigenvalue weighted by molar-refractivity contribution is 7.17. The van der Waals surface area contributed by atoms with Gasteiger partial charge in [0.05, 0.1) is 23.8 Å². The number of benzene rings is 1. The number of imidazole rings is 1. The zero-order valence-electron chi connectivity index (χ0n) is 16.3. The van der Waals surface area contributed by atoms with Crippen LogP contribution in [0.15, 0.2) is 54.9 Å². The second-order valence-electron chi connectivity index (χ2n) is 7.05. The molecule has 1 saturated heterocycles. The molecule has 4 heterocycles. The molecule has 3 aromatic heterocycles. The molecule has 8 nitrogen and oxygen atoms in total. The standard InChI is InChI=1S/C21H21N7OS/c29-20(23-14-18-25-15-5-1-2-6-16(15)26-18)17-13-24-21(30-17)28-11-9-27(10-12-28)19-7-3-4-8-22-19/h1-8,13H,9-12,14H2,(H,23,29)(H,25,26). The van der Waals surface area contributed by atoms with Gasteiger partial charge in [0.15, 0.2) is 5.13 Å². The van der Waals surface area contributed by atoms with E-state index in [4.69, 9.17) is 0 Å². The normalized spacial score (nSPS) is 14.3. The highest BCUT2D eigenvalue weighted by atomic mass is 32.1. The number of carbonyl (C=O) groups is 1. The van der Waals surface area contributed by atoms with Crippen LogP contribution in [0.4, 0.5) is 10.9 Å². The van der Waals surface area contributed by atoms with Crippen molar-refractivity contribution >= 4 is 39.2 Å². The van der Waals surface area contributed by atoms with Gasteiger partial charge in [0.2, 0.25) is 0 Å². The van der Waals surface area contributed by atoms with Crippen molar-refractivity contribution in [2.45, 2.75) is 6.54 Å². The number of nitrogens with one attached hydrogen (secondary N) is 2. The van der Waals surface area contributed by atoms with E-state index in [1.807, 2.05) is 48.7 Å². The Morgan fingerprint density at radius 1 is 1.03 bits per heavy atom. The number of para-hydroxylation sites is 2. The van der Waals surface area contributed by atoms with Crippen molar-refractivity contribution in [2.24, 2.45) is 0 Å². The SMILES string of the molecule is O=C(NCc1nc2ccccc2[nH]1)c1cnc(N2CCN(c3ccccn3)CC2)s1. The second kappa shape index (κ2) is 8.11. The first kappa shape index (κ1) is 18.6. The zero-order valence-corrected chi connectivity index (χ0v) is 17.1. The van der Waals surface area contributed by atoms with Gasteiger partial charge in [0.1, 0.15) is 16.5 Å². The van der Waals surface area contributed by atoms with Crippen LogP contribution in [0.2, 0.25) is 0 Å². The number of aromatic nitrogens is 4. The van der Waals surface area contributed by atoms with Crippen molar-refractivity contribution in [2.75, 3.05) is 36.0 Å². The molecule has 0 spiro atoms. The maximum atomic E-state index is 12.5. The van der Waals surface area contributed by atoms with Gasteiger partial charge in [-0.2, -0.15) is 0 Å². The molecule has 152 valence electrons. The van der Waals surface area contributed by atoms with Crippen molar-refractivity contribution in [3.8, 4) is 0 Å². The number of H-pyrrole nitrogens is 1. The average molecular weight is 420 g/mol. The van der Waals surface area contributed by atoms with Crippen LogP contribution >= 0.6 is 11.3 Å². The predicted octanol–water partition coefficient (Wildman–Crippen LogP) is 2.67. The van der Waals surface area contributed by atoms with Crippen molar-refractivity contribution in [1.82, 2.24) is 25.3 Å². The number of nitrogens with zero attached hydrogens (tertiary/aromatic N) is 5. The highest BCUT2D eigenvalue weighted by Gasteiger charge is 2.21. The smallest absolute Gasteiger partial charge is 0.263 e. The second-order valence-corrected chi connectivity index (χ2v) is 8.06. The first-order valence-corrected chi connectivity index (χ1v) is 10.7. The van der Waals surface area contributed by atoms with E-state index in [1.54, 1.807) is 6.20 Å². The Kier molecular flexibility index (Phi) is 5.02. The van der Waals surface area contributed by atoms with E-state index >= 15 is 0 Å². The molecule has 1 fully saturated rings. The molecule has 0 unspecified atom stereocenters. The minimum atomic E-state index is -0.133. The van der Waals surface area contributed by atoms with Crippen LogP contribution in [0.3, 0.4) is 0 Å². The quantitative estimate of drug-likeness (QED) is 0.517. The molecular formula is C21H21N7OS. The van der Waals surface area contributed by atoms with Gasteiger partial charge in [-0.25, -0.2) is 15.0 Å². The van der Waals surface area contributed by atoms with Crippen LogP contribution in [0.25, 0.3) is 11.0 Å². The third kappa shape index (κ3) is 3.84. The molecule has 1 aliphatic heterocycles. The Morgan fingerprint density at radius 3 is 2.63 bits per heavy atom. The summed E-state index contributed by atoms with van der Waals surface area (Å²) in [7, 11) is 0. The minimum absolute atomic E-state index is 0.133. The molecule has 2 N–H and O–H groups in total. The number of amides is 1. The average Bonchev–Trinajstić information content (AvgIpc) is 3.45. The van der Waals surface area contributed by atoms with E-state index in [-0.39, 0.29) is 5.91 Å². The third-order valence-electron chi connectivity index (χ3n) is 5.10. The Morgan fingerprint density at radius 2 is 1.83 bits per heavy atom. The van der Waals surface area contributed by atoms with Gasteiger partial charge in [0, 0.05) is 32.4 Å². The van der Waals surface area contributed by atoms with E-state index in [2.05, 4.69) is 35.1 Å². The molecule has 1 aromatic carbocycles. The fourth-order valence-electron chi connectivity index (χ4n) is 3.52. The molecule has 0 radical (unpaired) electrons. The number of piperazine rings is 1. The van der Waals surface area contributed by atoms with Gasteiger partial charge in [-0.15, -0.1) is 0 Å².